The molecule has 3 aromatic rings. The summed E-state index contributed by atoms with van der Waals surface area (Å²) in [4.78, 5) is 30.0. The zero-order valence-corrected chi connectivity index (χ0v) is 22.5. The number of aryl methyl sites for hydroxylation is 1. The monoisotopic (exact) mass is 559 g/mol. The Morgan fingerprint density at radius 2 is 1.84 bits per heavy atom. The number of aromatic nitrogens is 2. The van der Waals surface area contributed by atoms with E-state index in [4.69, 9.17) is 28.9 Å². The molecule has 202 valence electrons. The second-order valence-corrected chi connectivity index (χ2v) is 10.1. The molecular weight excluding hydrogens is 529 g/mol. The summed E-state index contributed by atoms with van der Waals surface area (Å²) in [6.45, 7) is 4.73. The van der Waals surface area contributed by atoms with Crippen LogP contribution in [-0.4, -0.2) is 58.0 Å². The number of nitrogens with two attached hydrogens (primary N) is 1. The van der Waals surface area contributed by atoms with Crippen LogP contribution in [0.15, 0.2) is 42.7 Å². The highest BCUT2D eigenvalue weighted by Gasteiger charge is 2.19. The van der Waals surface area contributed by atoms with Crippen molar-refractivity contribution in [2.24, 2.45) is 0 Å². The van der Waals surface area contributed by atoms with Crippen molar-refractivity contribution in [1.29, 1.82) is 0 Å². The van der Waals surface area contributed by atoms with Gasteiger partial charge >= 0.3 is 5.69 Å². The van der Waals surface area contributed by atoms with Crippen LogP contribution in [0.4, 0.5) is 17.3 Å². The summed E-state index contributed by atoms with van der Waals surface area (Å²) in [6, 6.07) is 8.10. The van der Waals surface area contributed by atoms with E-state index in [2.05, 4.69) is 20.5 Å². The maximum absolute atomic E-state index is 13.2. The normalized spacial score (nSPS) is 13.8. The number of carbonyl (C=O) groups is 1. The van der Waals surface area contributed by atoms with Gasteiger partial charge in [0.2, 0.25) is 5.82 Å². The number of carbonyl (C=O) groups excluding carboxylic acids is 1. The van der Waals surface area contributed by atoms with Gasteiger partial charge in [0.15, 0.2) is 0 Å². The van der Waals surface area contributed by atoms with Gasteiger partial charge in [-0.25, -0.2) is 4.98 Å². The summed E-state index contributed by atoms with van der Waals surface area (Å²) in [6.07, 6.45) is 8.14. The van der Waals surface area contributed by atoms with Crippen molar-refractivity contribution >= 4 is 46.4 Å². The largest absolute Gasteiger partial charge is 0.378 e. The highest BCUT2D eigenvalue weighted by molar-refractivity contribution is 6.36. The minimum absolute atomic E-state index is 0.133. The van der Waals surface area contributed by atoms with Gasteiger partial charge in [0.1, 0.15) is 5.82 Å². The molecule has 2 aromatic heterocycles. The molecule has 0 bridgehead atoms. The van der Waals surface area contributed by atoms with E-state index in [9.17, 15) is 14.9 Å². The van der Waals surface area contributed by atoms with Gasteiger partial charge in [0, 0.05) is 65.8 Å². The van der Waals surface area contributed by atoms with Crippen LogP contribution in [-0.2, 0) is 6.54 Å². The van der Waals surface area contributed by atoms with Gasteiger partial charge < -0.3 is 25.8 Å². The quantitative estimate of drug-likeness (QED) is 0.170. The lowest BCUT2D eigenvalue weighted by Crippen LogP contribution is -2.37. The second kappa shape index (κ2) is 12.9. The molecule has 1 aliphatic rings. The van der Waals surface area contributed by atoms with Crippen LogP contribution in [0.1, 0.15) is 36.0 Å². The summed E-state index contributed by atoms with van der Waals surface area (Å²) in [5, 5.41) is 18.1. The molecule has 0 radical (unpaired) electrons. The Balaban J connectivity index is 1.41. The molecule has 0 spiro atoms. The Labute approximate surface area is 231 Å². The predicted molar refractivity (Wildman–Crippen MR) is 151 cm³/mol. The number of hydrogen-bond donors (Lipinski definition) is 3. The fourth-order valence-electron chi connectivity index (χ4n) is 4.54. The van der Waals surface area contributed by atoms with Gasteiger partial charge in [-0.1, -0.05) is 35.7 Å². The molecule has 1 fully saturated rings. The van der Waals surface area contributed by atoms with E-state index in [0.717, 1.165) is 30.8 Å². The summed E-state index contributed by atoms with van der Waals surface area (Å²) >= 11 is 12.6. The number of nitrogen functional groups attached to an aromatic ring is 1. The SMILES string of the molecule is Nc1nc(NCCCn2cc(C(=O)NCCN3CCCCC3)c(-c3ccc(Cl)cc3Cl)c2)ccc1[N+](=O)[O-]. The number of hydrogen-bond acceptors (Lipinski definition) is 7. The third-order valence-corrected chi connectivity index (χ3v) is 7.05. The molecule has 1 aromatic carbocycles. The highest BCUT2D eigenvalue weighted by Crippen LogP contribution is 2.33. The second-order valence-electron chi connectivity index (χ2n) is 9.24. The molecule has 0 aliphatic carbocycles. The van der Waals surface area contributed by atoms with Crippen LogP contribution >= 0.6 is 23.2 Å². The summed E-state index contributed by atoms with van der Waals surface area (Å²) in [7, 11) is 0. The lowest BCUT2D eigenvalue weighted by molar-refractivity contribution is -0.384. The van der Waals surface area contributed by atoms with E-state index in [1.54, 1.807) is 12.1 Å². The van der Waals surface area contributed by atoms with Crippen molar-refractivity contribution in [3.05, 3.63) is 68.4 Å². The molecule has 4 N–H and O–H groups in total. The highest BCUT2D eigenvalue weighted by atomic mass is 35.5. The molecule has 4 rings (SSSR count). The molecule has 0 unspecified atom stereocenters. The Hall–Kier alpha value is -3.34. The van der Waals surface area contributed by atoms with Gasteiger partial charge in [0.05, 0.1) is 10.5 Å². The first kappa shape index (κ1) is 27.7. The number of nitrogens with zero attached hydrogens (tertiary/aromatic N) is 4. The maximum atomic E-state index is 13.2. The maximum Gasteiger partial charge on any atom is 0.311 e. The van der Waals surface area contributed by atoms with Crippen molar-refractivity contribution in [2.75, 3.05) is 43.8 Å². The van der Waals surface area contributed by atoms with Crippen LogP contribution in [0.25, 0.3) is 11.1 Å². The van der Waals surface area contributed by atoms with Crippen molar-refractivity contribution in [1.82, 2.24) is 19.8 Å². The van der Waals surface area contributed by atoms with Crippen LogP contribution in [0.5, 0.6) is 0 Å². The first-order chi connectivity index (χ1) is 18.3. The van der Waals surface area contributed by atoms with Gasteiger partial charge in [-0.3, -0.25) is 14.9 Å². The van der Waals surface area contributed by atoms with E-state index >= 15 is 0 Å². The predicted octanol–water partition coefficient (Wildman–Crippen LogP) is 5.07. The number of anilines is 2. The standard InChI is InChI=1S/C26H31Cl2N7O3/c27-18-5-6-19(22(28)15-18)20-16-34(13-4-9-30-24-8-7-23(35(37)38)25(29)32-24)17-21(20)26(36)31-10-14-33-11-2-1-3-12-33/h5-8,15-17H,1-4,9-14H2,(H,31,36)(H3,29,30,32). The molecule has 3 heterocycles. The number of piperidine rings is 1. The van der Waals surface area contributed by atoms with Crippen LogP contribution in [0, 0.1) is 10.1 Å². The number of pyridine rings is 1. The number of rotatable bonds is 11. The number of benzene rings is 1. The molecule has 1 saturated heterocycles. The molecule has 12 heteroatoms. The minimum atomic E-state index is -0.565. The molecule has 10 nitrogen and oxygen atoms in total. The molecule has 1 amide bonds. The molecular formula is C26H31Cl2N7O3. The van der Waals surface area contributed by atoms with Gasteiger partial charge in [-0.05, 0) is 50.6 Å². The number of likely N-dealkylation sites (tertiary alicyclic amines) is 1. The van der Waals surface area contributed by atoms with E-state index in [-0.39, 0.29) is 17.4 Å². The summed E-state index contributed by atoms with van der Waals surface area (Å²) in [5.74, 6) is 0.180. The topological polar surface area (TPSA) is 131 Å². The first-order valence-corrected chi connectivity index (χ1v) is 13.4. The van der Waals surface area contributed by atoms with Crippen molar-refractivity contribution in [3.63, 3.8) is 0 Å². The number of nitrogens with one attached hydrogen (secondary N) is 2. The smallest absolute Gasteiger partial charge is 0.311 e. The number of nitro groups is 1. The zero-order valence-electron chi connectivity index (χ0n) is 21.0. The Bertz CT molecular complexity index is 1290. The van der Waals surface area contributed by atoms with Crippen molar-refractivity contribution < 1.29 is 9.72 Å². The van der Waals surface area contributed by atoms with Crippen molar-refractivity contribution in [2.45, 2.75) is 32.2 Å². The Morgan fingerprint density at radius 3 is 2.55 bits per heavy atom. The number of amides is 1. The third kappa shape index (κ3) is 7.15. The third-order valence-electron chi connectivity index (χ3n) is 6.51. The summed E-state index contributed by atoms with van der Waals surface area (Å²) < 4.78 is 1.96. The van der Waals surface area contributed by atoms with E-state index in [1.165, 1.54) is 31.4 Å². The fraction of sp³-hybridized carbons (Fsp3) is 0.385. The average Bonchev–Trinajstić information content (AvgIpc) is 3.31. The van der Waals surface area contributed by atoms with E-state index < -0.39 is 4.92 Å². The zero-order chi connectivity index (χ0) is 27.1. The molecule has 0 saturated carbocycles. The van der Waals surface area contributed by atoms with Crippen LogP contribution < -0.4 is 16.4 Å². The van der Waals surface area contributed by atoms with E-state index in [0.29, 0.717) is 47.5 Å². The van der Waals surface area contributed by atoms with Gasteiger partial charge in [-0.2, -0.15) is 0 Å². The number of halogens is 2. The fourth-order valence-corrected chi connectivity index (χ4v) is 5.06. The van der Waals surface area contributed by atoms with Crippen molar-refractivity contribution in [3.8, 4) is 11.1 Å². The Morgan fingerprint density at radius 1 is 1.05 bits per heavy atom. The lowest BCUT2D eigenvalue weighted by Gasteiger charge is -2.26. The van der Waals surface area contributed by atoms with Crippen LogP contribution in [0.2, 0.25) is 10.0 Å². The van der Waals surface area contributed by atoms with Gasteiger partial charge in [-0.15, -0.1) is 0 Å². The van der Waals surface area contributed by atoms with Crippen LogP contribution in [0.3, 0.4) is 0 Å². The molecule has 1 aliphatic heterocycles. The minimum Gasteiger partial charge on any atom is -0.378 e. The van der Waals surface area contributed by atoms with Gasteiger partial charge in [0.25, 0.3) is 5.91 Å². The molecule has 38 heavy (non-hydrogen) atoms. The lowest BCUT2D eigenvalue weighted by atomic mass is 10.0. The Kier molecular flexibility index (Phi) is 9.43. The summed E-state index contributed by atoms with van der Waals surface area (Å²) in [5.41, 5.74) is 7.46. The first-order valence-electron chi connectivity index (χ1n) is 12.6. The van der Waals surface area contributed by atoms with E-state index in [1.807, 2.05) is 23.0 Å². The molecule has 0 atom stereocenters. The average molecular weight is 560 g/mol.